The number of nitrogens with one attached hydrogen (secondary N) is 3. The predicted octanol–water partition coefficient (Wildman–Crippen LogP) is 4.49. The van der Waals surface area contributed by atoms with Crippen LogP contribution in [0.2, 0.25) is 0 Å². The monoisotopic (exact) mass is 427 g/mol. The molecule has 1 amide bonds. The minimum atomic E-state index is -0.260. The van der Waals surface area contributed by atoms with Gasteiger partial charge in [0, 0.05) is 28.8 Å². The van der Waals surface area contributed by atoms with Crippen LogP contribution in [-0.2, 0) is 0 Å². The summed E-state index contributed by atoms with van der Waals surface area (Å²) >= 11 is 5.42. The number of hydrogen-bond acceptors (Lipinski definition) is 4. The molecule has 3 rings (SSSR count). The van der Waals surface area contributed by atoms with E-state index in [9.17, 15) is 4.79 Å². The Kier molecular flexibility index (Phi) is 7.09. The van der Waals surface area contributed by atoms with Gasteiger partial charge in [-0.3, -0.25) is 9.79 Å². The highest BCUT2D eigenvalue weighted by Gasteiger charge is 2.11. The lowest BCUT2D eigenvalue weighted by atomic mass is 10.1. The largest absolute Gasteiger partial charge is 0.332 e. The maximum absolute atomic E-state index is 12.6. The van der Waals surface area contributed by atoms with Gasteiger partial charge in [-0.1, -0.05) is 24.8 Å². The van der Waals surface area contributed by atoms with Gasteiger partial charge >= 0.3 is 0 Å². The van der Waals surface area contributed by atoms with E-state index in [1.54, 1.807) is 42.6 Å². The van der Waals surface area contributed by atoms with Gasteiger partial charge in [0.2, 0.25) is 0 Å². The van der Waals surface area contributed by atoms with Crippen molar-refractivity contribution in [2.75, 3.05) is 17.2 Å². The van der Waals surface area contributed by atoms with Crippen LogP contribution in [-0.4, -0.2) is 23.8 Å². The summed E-state index contributed by atoms with van der Waals surface area (Å²) in [6.45, 7) is 6.58. The van der Waals surface area contributed by atoms with Crippen molar-refractivity contribution in [1.29, 1.82) is 5.26 Å². The summed E-state index contributed by atoms with van der Waals surface area (Å²) in [4.78, 5) is 16.8. The molecule has 1 heterocycles. The zero-order valence-corrected chi connectivity index (χ0v) is 17.8. The molecule has 0 atom stereocenters. The third kappa shape index (κ3) is 5.98. The molecule has 31 heavy (non-hydrogen) atoms. The molecule has 0 saturated heterocycles. The van der Waals surface area contributed by atoms with Crippen molar-refractivity contribution < 1.29 is 4.79 Å². The van der Waals surface area contributed by atoms with E-state index in [-0.39, 0.29) is 5.91 Å². The third-order valence-corrected chi connectivity index (χ3v) is 4.70. The minimum Gasteiger partial charge on any atom is -0.332 e. The lowest BCUT2D eigenvalue weighted by Gasteiger charge is -2.15. The number of anilines is 2. The summed E-state index contributed by atoms with van der Waals surface area (Å²) in [7, 11) is 0. The highest BCUT2D eigenvalue weighted by atomic mass is 32.1. The first-order valence-corrected chi connectivity index (χ1v) is 9.93. The number of carbonyl (C=O) groups excluding carboxylic acids is 1. The molecule has 6 nitrogen and oxygen atoms in total. The Labute approximate surface area is 186 Å². The molecule has 7 heteroatoms. The van der Waals surface area contributed by atoms with Crippen LogP contribution in [0.25, 0.3) is 0 Å². The van der Waals surface area contributed by atoms with Gasteiger partial charge in [-0.15, -0.1) is 0 Å². The molecule has 3 N–H and O–H groups in total. The van der Waals surface area contributed by atoms with Crippen molar-refractivity contribution in [2.24, 2.45) is 4.99 Å². The smallest absolute Gasteiger partial charge is 0.255 e. The fraction of sp³-hybridized carbons (Fsp3) is 0.0833. The van der Waals surface area contributed by atoms with E-state index in [1.165, 1.54) is 0 Å². The number of carbonyl (C=O) groups is 1. The third-order valence-electron chi connectivity index (χ3n) is 4.50. The van der Waals surface area contributed by atoms with Crippen molar-refractivity contribution in [2.45, 2.75) is 6.92 Å². The molecule has 154 valence electrons. The molecule has 0 aliphatic carbocycles. The molecule has 1 aliphatic heterocycles. The maximum atomic E-state index is 12.6. The number of nitriles is 1. The Morgan fingerprint density at radius 2 is 1.97 bits per heavy atom. The molecule has 2 aromatic carbocycles. The molecular weight excluding hydrogens is 406 g/mol. The first-order chi connectivity index (χ1) is 15.0. The molecule has 0 spiro atoms. The summed E-state index contributed by atoms with van der Waals surface area (Å²) in [5, 5.41) is 18.3. The Morgan fingerprint density at radius 1 is 1.19 bits per heavy atom. The number of thiocarbonyl (C=S) groups is 1. The molecule has 0 bridgehead atoms. The van der Waals surface area contributed by atoms with Gasteiger partial charge in [0.05, 0.1) is 18.2 Å². The average molecular weight is 428 g/mol. The summed E-state index contributed by atoms with van der Waals surface area (Å²) < 4.78 is 0. The van der Waals surface area contributed by atoms with E-state index in [2.05, 4.69) is 27.5 Å². The lowest BCUT2D eigenvalue weighted by molar-refractivity contribution is 0.102. The van der Waals surface area contributed by atoms with Crippen LogP contribution in [0.3, 0.4) is 0 Å². The molecule has 0 radical (unpaired) electrons. The van der Waals surface area contributed by atoms with E-state index in [1.807, 2.05) is 37.3 Å². The average Bonchev–Trinajstić information content (AvgIpc) is 3.05. The van der Waals surface area contributed by atoms with Gasteiger partial charge < -0.3 is 16.0 Å². The lowest BCUT2D eigenvalue weighted by Crippen LogP contribution is -2.28. The quantitative estimate of drug-likeness (QED) is 0.612. The van der Waals surface area contributed by atoms with E-state index in [0.717, 1.165) is 11.1 Å². The standard InChI is InChI=1S/C24H21N5OS/c1-16-5-8-20(23(30)28-21-9-6-18(15-25)7-10-21)14-22(16)29-24(31)27-17(2)19-4-3-12-26-13-11-19/h3-11,13-14H,2,12H2,1H3,(H,28,30)(H2,27,29,31). The van der Waals surface area contributed by atoms with Crippen molar-refractivity contribution in [1.82, 2.24) is 5.32 Å². The maximum Gasteiger partial charge on any atom is 0.255 e. The molecule has 2 aromatic rings. The molecule has 0 aromatic heterocycles. The Hall–Kier alpha value is -4.02. The number of nitrogens with zero attached hydrogens (tertiary/aromatic N) is 2. The van der Waals surface area contributed by atoms with Gasteiger partial charge in [0.25, 0.3) is 5.91 Å². The molecule has 0 unspecified atom stereocenters. The minimum absolute atomic E-state index is 0.260. The summed E-state index contributed by atoms with van der Waals surface area (Å²) in [5.74, 6) is -0.260. The van der Waals surface area contributed by atoms with Gasteiger partial charge in [-0.05, 0) is 72.8 Å². The Bertz CT molecular complexity index is 1150. The zero-order chi connectivity index (χ0) is 22.2. The van der Waals surface area contributed by atoms with Gasteiger partial charge in [-0.2, -0.15) is 5.26 Å². The zero-order valence-electron chi connectivity index (χ0n) is 17.0. The van der Waals surface area contributed by atoms with Gasteiger partial charge in [-0.25, -0.2) is 0 Å². The summed E-state index contributed by atoms with van der Waals surface area (Å²) in [6.07, 6.45) is 7.47. The van der Waals surface area contributed by atoms with Crippen LogP contribution in [0.1, 0.15) is 21.5 Å². The second kappa shape index (κ2) is 10.1. The number of hydrogen-bond donors (Lipinski definition) is 3. The van der Waals surface area contributed by atoms with Crippen molar-refractivity contribution in [3.63, 3.8) is 0 Å². The fourth-order valence-electron chi connectivity index (χ4n) is 2.78. The molecule has 0 fully saturated rings. The Balaban J connectivity index is 1.67. The number of aryl methyl sites for hydroxylation is 1. The van der Waals surface area contributed by atoms with E-state index in [4.69, 9.17) is 17.5 Å². The first kappa shape index (κ1) is 21.7. The summed E-state index contributed by atoms with van der Waals surface area (Å²) in [6, 6.07) is 14.1. The number of aliphatic imine (C=N–C) groups is 1. The number of benzene rings is 2. The highest BCUT2D eigenvalue weighted by Crippen LogP contribution is 2.19. The van der Waals surface area contributed by atoms with Crippen LogP contribution < -0.4 is 16.0 Å². The van der Waals surface area contributed by atoms with Crippen molar-refractivity contribution in [3.05, 3.63) is 95.2 Å². The molecular formula is C24H21N5OS. The number of amides is 1. The number of rotatable bonds is 5. The normalized spacial score (nSPS) is 12.2. The summed E-state index contributed by atoms with van der Waals surface area (Å²) in [5.41, 5.74) is 4.80. The first-order valence-electron chi connectivity index (χ1n) is 9.52. The topological polar surface area (TPSA) is 89.3 Å². The fourth-order valence-corrected chi connectivity index (χ4v) is 3.02. The predicted molar refractivity (Wildman–Crippen MR) is 129 cm³/mol. The molecule has 0 saturated carbocycles. The van der Waals surface area contributed by atoms with E-state index in [0.29, 0.717) is 39.9 Å². The van der Waals surface area contributed by atoms with E-state index < -0.39 is 0 Å². The molecule has 1 aliphatic rings. The van der Waals surface area contributed by atoms with E-state index >= 15 is 0 Å². The van der Waals surface area contributed by atoms with Crippen LogP contribution in [0, 0.1) is 18.3 Å². The van der Waals surface area contributed by atoms with Crippen molar-refractivity contribution in [3.8, 4) is 6.07 Å². The van der Waals surface area contributed by atoms with Crippen LogP contribution in [0.4, 0.5) is 11.4 Å². The Morgan fingerprint density at radius 3 is 2.71 bits per heavy atom. The van der Waals surface area contributed by atoms with Crippen LogP contribution in [0.15, 0.2) is 83.5 Å². The highest BCUT2D eigenvalue weighted by molar-refractivity contribution is 7.80. The van der Waals surface area contributed by atoms with Crippen LogP contribution >= 0.6 is 12.2 Å². The SMILES string of the molecule is C=C(NC(=S)Nc1cc(C(=O)Nc2ccc(C#N)cc2)ccc1C)C1=CC=NCC=C1. The van der Waals surface area contributed by atoms with Crippen molar-refractivity contribution >= 4 is 40.8 Å². The van der Waals surface area contributed by atoms with Gasteiger partial charge in [0.1, 0.15) is 0 Å². The van der Waals surface area contributed by atoms with Gasteiger partial charge in [0.15, 0.2) is 5.11 Å². The second-order valence-corrected chi connectivity index (χ2v) is 7.18. The second-order valence-electron chi connectivity index (χ2n) is 6.77. The number of allylic oxidation sites excluding steroid dienone is 2. The van der Waals surface area contributed by atoms with Crippen LogP contribution in [0.5, 0.6) is 0 Å².